The minimum absolute atomic E-state index is 0.0241. The van der Waals surface area contributed by atoms with E-state index in [0.29, 0.717) is 13.1 Å². The van der Waals surface area contributed by atoms with E-state index in [1.54, 1.807) is 24.5 Å². The van der Waals surface area contributed by atoms with E-state index in [1.807, 2.05) is 29.2 Å². The first-order valence-corrected chi connectivity index (χ1v) is 8.94. The molecule has 1 N–H and O–H groups in total. The minimum atomic E-state index is -0.0241. The summed E-state index contributed by atoms with van der Waals surface area (Å²) in [6.07, 6.45) is 2.69. The van der Waals surface area contributed by atoms with Crippen LogP contribution in [0.15, 0.2) is 48.4 Å². The number of carbonyl (C=O) groups is 1. The molecule has 24 heavy (non-hydrogen) atoms. The van der Waals surface area contributed by atoms with Crippen molar-refractivity contribution in [3.8, 4) is 5.75 Å². The number of nitrogens with one attached hydrogen (secondary N) is 1. The molecule has 0 bridgehead atoms. The molecule has 0 saturated heterocycles. The summed E-state index contributed by atoms with van der Waals surface area (Å²) < 4.78 is 5.25. The van der Waals surface area contributed by atoms with E-state index < -0.39 is 0 Å². The molecule has 1 atom stereocenters. The molecule has 126 valence electrons. The van der Waals surface area contributed by atoms with E-state index in [4.69, 9.17) is 4.74 Å². The summed E-state index contributed by atoms with van der Waals surface area (Å²) in [5.74, 6) is 0.945. The van der Waals surface area contributed by atoms with Crippen LogP contribution in [-0.2, 0) is 11.2 Å². The number of amides is 1. The van der Waals surface area contributed by atoms with Crippen LogP contribution in [-0.4, -0.2) is 37.6 Å². The number of rotatable bonds is 6. The Labute approximate surface area is 146 Å². The van der Waals surface area contributed by atoms with Crippen LogP contribution in [0.25, 0.3) is 0 Å². The number of fused-ring (bicyclic) bond motifs is 1. The van der Waals surface area contributed by atoms with Crippen molar-refractivity contribution in [2.24, 2.45) is 0 Å². The standard InChI is InChI=1S/C19H22N2O2S/c1-3-10-20-13-18(22)21-11-8-17-16(9-12-24-17)19(21)14-4-6-15(23-2)7-5-14/h3-7,9,12,19-20H,1,8,10-11,13H2,2H3/t19-/m1/s1. The molecule has 2 aromatic rings. The smallest absolute Gasteiger partial charge is 0.237 e. The molecule has 5 heteroatoms. The van der Waals surface area contributed by atoms with Crippen LogP contribution >= 0.6 is 11.3 Å². The quantitative estimate of drug-likeness (QED) is 0.648. The van der Waals surface area contributed by atoms with Gasteiger partial charge in [0.15, 0.2) is 0 Å². The number of thiophene rings is 1. The molecule has 3 rings (SSSR count). The Hall–Kier alpha value is -2.11. The van der Waals surface area contributed by atoms with Crippen molar-refractivity contribution in [2.75, 3.05) is 26.7 Å². The van der Waals surface area contributed by atoms with E-state index in [0.717, 1.165) is 24.3 Å². The number of methoxy groups -OCH3 is 1. The summed E-state index contributed by atoms with van der Waals surface area (Å²) in [5.41, 5.74) is 2.36. The van der Waals surface area contributed by atoms with Gasteiger partial charge in [-0.2, -0.15) is 0 Å². The fourth-order valence-corrected chi connectivity index (χ4v) is 4.02. The van der Waals surface area contributed by atoms with Crippen LogP contribution in [0.4, 0.5) is 0 Å². The first-order valence-electron chi connectivity index (χ1n) is 8.06. The van der Waals surface area contributed by atoms with Gasteiger partial charge in [0.2, 0.25) is 5.91 Å². The molecule has 0 radical (unpaired) electrons. The molecule has 1 aliphatic rings. The summed E-state index contributed by atoms with van der Waals surface area (Å²) in [6.45, 7) is 5.39. The van der Waals surface area contributed by atoms with Crippen molar-refractivity contribution in [3.05, 3.63) is 64.4 Å². The normalized spacial score (nSPS) is 16.5. The molecule has 0 fully saturated rings. The Morgan fingerprint density at radius 1 is 1.42 bits per heavy atom. The maximum atomic E-state index is 12.7. The maximum absolute atomic E-state index is 12.7. The van der Waals surface area contributed by atoms with E-state index in [2.05, 4.69) is 23.3 Å². The summed E-state index contributed by atoms with van der Waals surface area (Å²) in [6, 6.07) is 10.1. The number of hydrogen-bond acceptors (Lipinski definition) is 4. The molecule has 1 aromatic heterocycles. The highest BCUT2D eigenvalue weighted by Crippen LogP contribution is 2.38. The Morgan fingerprint density at radius 2 is 2.21 bits per heavy atom. The van der Waals surface area contributed by atoms with Crippen molar-refractivity contribution in [2.45, 2.75) is 12.5 Å². The second-order valence-corrected chi connectivity index (χ2v) is 6.73. The number of hydrogen-bond donors (Lipinski definition) is 1. The minimum Gasteiger partial charge on any atom is -0.497 e. The third-order valence-corrected chi connectivity index (χ3v) is 5.28. The molecule has 0 spiro atoms. The topological polar surface area (TPSA) is 41.6 Å². The fourth-order valence-electron chi connectivity index (χ4n) is 3.11. The number of ether oxygens (including phenoxy) is 1. The lowest BCUT2D eigenvalue weighted by Crippen LogP contribution is -2.44. The molecule has 0 aliphatic carbocycles. The lowest BCUT2D eigenvalue weighted by Gasteiger charge is -2.36. The van der Waals surface area contributed by atoms with Crippen LogP contribution in [0.3, 0.4) is 0 Å². The Bertz CT molecular complexity index is 708. The highest BCUT2D eigenvalue weighted by Gasteiger charge is 2.32. The van der Waals surface area contributed by atoms with Crippen molar-refractivity contribution >= 4 is 17.2 Å². The van der Waals surface area contributed by atoms with E-state index in [-0.39, 0.29) is 11.9 Å². The van der Waals surface area contributed by atoms with Gasteiger partial charge in [0, 0.05) is 18.0 Å². The van der Waals surface area contributed by atoms with Crippen molar-refractivity contribution in [3.63, 3.8) is 0 Å². The average Bonchev–Trinajstić information content (AvgIpc) is 3.10. The van der Waals surface area contributed by atoms with Gasteiger partial charge in [-0.25, -0.2) is 0 Å². The van der Waals surface area contributed by atoms with Crippen LogP contribution in [0, 0.1) is 0 Å². The van der Waals surface area contributed by atoms with Crippen LogP contribution in [0.1, 0.15) is 22.0 Å². The van der Waals surface area contributed by atoms with Crippen molar-refractivity contribution < 1.29 is 9.53 Å². The largest absolute Gasteiger partial charge is 0.497 e. The van der Waals surface area contributed by atoms with Gasteiger partial charge in [0.1, 0.15) is 5.75 Å². The van der Waals surface area contributed by atoms with Gasteiger partial charge in [-0.3, -0.25) is 4.79 Å². The molecule has 1 aromatic carbocycles. The van der Waals surface area contributed by atoms with Crippen LogP contribution < -0.4 is 10.1 Å². The monoisotopic (exact) mass is 342 g/mol. The molecular formula is C19H22N2O2S. The zero-order valence-electron chi connectivity index (χ0n) is 13.8. The highest BCUT2D eigenvalue weighted by atomic mass is 32.1. The Kier molecular flexibility index (Phi) is 5.33. The van der Waals surface area contributed by atoms with Gasteiger partial charge in [-0.05, 0) is 41.1 Å². The van der Waals surface area contributed by atoms with E-state index in [1.165, 1.54) is 10.4 Å². The summed E-state index contributed by atoms with van der Waals surface area (Å²) in [7, 11) is 1.66. The zero-order chi connectivity index (χ0) is 16.9. The number of benzene rings is 1. The van der Waals surface area contributed by atoms with Gasteiger partial charge in [0.25, 0.3) is 0 Å². The second-order valence-electron chi connectivity index (χ2n) is 5.73. The molecule has 4 nitrogen and oxygen atoms in total. The highest BCUT2D eigenvalue weighted by molar-refractivity contribution is 7.10. The van der Waals surface area contributed by atoms with Crippen molar-refractivity contribution in [1.29, 1.82) is 0 Å². The van der Waals surface area contributed by atoms with E-state index >= 15 is 0 Å². The molecule has 1 aliphatic heterocycles. The predicted octanol–water partition coefficient (Wildman–Crippen LogP) is 3.01. The number of carbonyl (C=O) groups excluding carboxylic acids is 1. The molecule has 0 unspecified atom stereocenters. The Morgan fingerprint density at radius 3 is 2.92 bits per heavy atom. The van der Waals surface area contributed by atoms with Crippen molar-refractivity contribution in [1.82, 2.24) is 10.2 Å². The fraction of sp³-hybridized carbons (Fsp3) is 0.316. The average molecular weight is 342 g/mol. The molecule has 2 heterocycles. The van der Waals surface area contributed by atoms with Crippen LogP contribution in [0.5, 0.6) is 5.75 Å². The summed E-state index contributed by atoms with van der Waals surface area (Å²) >= 11 is 1.78. The SMILES string of the molecule is C=CCNCC(=O)N1CCc2sccc2[C@H]1c1ccc(OC)cc1. The third-order valence-electron chi connectivity index (χ3n) is 4.28. The second kappa shape index (κ2) is 7.64. The first-order chi connectivity index (χ1) is 11.7. The van der Waals surface area contributed by atoms with Crippen LogP contribution in [0.2, 0.25) is 0 Å². The number of nitrogens with zero attached hydrogens (tertiary/aromatic N) is 1. The zero-order valence-corrected chi connectivity index (χ0v) is 14.6. The Balaban J connectivity index is 1.89. The maximum Gasteiger partial charge on any atom is 0.237 e. The van der Waals surface area contributed by atoms with Gasteiger partial charge in [-0.15, -0.1) is 17.9 Å². The molecule has 1 amide bonds. The lowest BCUT2D eigenvalue weighted by atomic mass is 9.93. The lowest BCUT2D eigenvalue weighted by molar-refractivity contribution is -0.132. The summed E-state index contributed by atoms with van der Waals surface area (Å²) in [5, 5.41) is 5.23. The van der Waals surface area contributed by atoms with Gasteiger partial charge in [0.05, 0.1) is 19.7 Å². The third kappa shape index (κ3) is 3.37. The first kappa shape index (κ1) is 16.7. The molecular weight excluding hydrogens is 320 g/mol. The van der Waals surface area contributed by atoms with Gasteiger partial charge < -0.3 is 15.0 Å². The summed E-state index contributed by atoms with van der Waals surface area (Å²) in [4.78, 5) is 16.1. The van der Waals surface area contributed by atoms with E-state index in [9.17, 15) is 4.79 Å². The predicted molar refractivity (Wildman–Crippen MR) is 97.6 cm³/mol. The van der Waals surface area contributed by atoms with Gasteiger partial charge in [-0.1, -0.05) is 18.2 Å². The molecule has 0 saturated carbocycles. The van der Waals surface area contributed by atoms with Gasteiger partial charge >= 0.3 is 0 Å².